The summed E-state index contributed by atoms with van der Waals surface area (Å²) in [6.45, 7) is 5.22. The number of carbonyl (C=O) groups is 3. The minimum atomic E-state index is -4.05. The summed E-state index contributed by atoms with van der Waals surface area (Å²) in [6.07, 6.45) is -2.21. The zero-order valence-corrected chi connectivity index (χ0v) is 28.6. The number of hydrogen-bond donors (Lipinski definition) is 4. The van der Waals surface area contributed by atoms with Gasteiger partial charge in [0.15, 0.2) is 17.4 Å². The van der Waals surface area contributed by atoms with Crippen LogP contribution in [0.2, 0.25) is 0 Å². The van der Waals surface area contributed by atoms with E-state index in [2.05, 4.69) is 30.1 Å². The lowest BCUT2D eigenvalue weighted by atomic mass is 10.0. The molecule has 0 saturated carbocycles. The second-order valence-electron chi connectivity index (χ2n) is 11.2. The van der Waals surface area contributed by atoms with Crippen molar-refractivity contribution in [2.75, 3.05) is 32.3 Å². The van der Waals surface area contributed by atoms with Crippen LogP contribution in [-0.2, 0) is 37.6 Å². The SMILES string of the molecule is COC(=O)NC(CSP(=O)(NC(C)C(=O)OC(C)C)OCC1C[C@@](C)(O)[C@H](n2cnc3c(OC)nc(N)nc32)O1)C(=O)OC(C)C. The lowest BCUT2D eigenvalue weighted by molar-refractivity contribution is -0.150. The minimum Gasteiger partial charge on any atom is -0.479 e. The van der Waals surface area contributed by atoms with Crippen LogP contribution < -0.4 is 20.9 Å². The van der Waals surface area contributed by atoms with Crippen molar-refractivity contribution in [2.24, 2.45) is 0 Å². The maximum absolute atomic E-state index is 14.2. The van der Waals surface area contributed by atoms with Gasteiger partial charge in [0.25, 0.3) is 0 Å². The number of hydrogen-bond acceptors (Lipinski definition) is 16. The Morgan fingerprint density at radius 2 is 1.83 bits per heavy atom. The van der Waals surface area contributed by atoms with E-state index in [-0.39, 0.29) is 36.3 Å². The van der Waals surface area contributed by atoms with Crippen molar-refractivity contribution < 1.29 is 52.3 Å². The molecule has 0 aliphatic carbocycles. The summed E-state index contributed by atoms with van der Waals surface area (Å²) in [6, 6.07) is -2.36. The summed E-state index contributed by atoms with van der Waals surface area (Å²) >= 11 is 0.659. The van der Waals surface area contributed by atoms with Crippen molar-refractivity contribution in [1.29, 1.82) is 0 Å². The molecule has 258 valence electrons. The number of carbonyl (C=O) groups excluding carboxylic acids is 3. The number of imidazole rings is 1. The van der Waals surface area contributed by atoms with Crippen molar-refractivity contribution in [3.8, 4) is 5.88 Å². The Morgan fingerprint density at radius 1 is 1.17 bits per heavy atom. The number of nitrogens with one attached hydrogen (secondary N) is 2. The zero-order chi connectivity index (χ0) is 34.4. The van der Waals surface area contributed by atoms with Crippen molar-refractivity contribution in [1.82, 2.24) is 29.9 Å². The Morgan fingerprint density at radius 3 is 2.43 bits per heavy atom. The van der Waals surface area contributed by atoms with Crippen LogP contribution in [0.5, 0.6) is 5.88 Å². The monoisotopic (exact) mass is 691 g/mol. The summed E-state index contributed by atoms with van der Waals surface area (Å²) in [5, 5.41) is 16.3. The number of aromatic nitrogens is 4. The van der Waals surface area contributed by atoms with Gasteiger partial charge < -0.3 is 44.4 Å². The normalized spacial score (nSPS) is 22.3. The first kappa shape index (κ1) is 37.2. The number of alkyl carbamates (subject to hydrolysis) is 1. The van der Waals surface area contributed by atoms with Crippen LogP contribution in [0.3, 0.4) is 0 Å². The van der Waals surface area contributed by atoms with Gasteiger partial charge in [0.1, 0.15) is 17.7 Å². The molecule has 0 spiro atoms. The number of fused-ring (bicyclic) bond motifs is 1. The highest BCUT2D eigenvalue weighted by atomic mass is 32.7. The zero-order valence-electron chi connectivity index (χ0n) is 26.9. The number of anilines is 1. The number of ether oxygens (including phenoxy) is 5. The van der Waals surface area contributed by atoms with E-state index >= 15 is 0 Å². The van der Waals surface area contributed by atoms with Gasteiger partial charge in [-0.25, -0.2) is 19.7 Å². The third kappa shape index (κ3) is 9.65. The van der Waals surface area contributed by atoms with Gasteiger partial charge >= 0.3 is 24.8 Å². The summed E-state index contributed by atoms with van der Waals surface area (Å²) in [4.78, 5) is 49.7. The van der Waals surface area contributed by atoms with Gasteiger partial charge in [-0.05, 0) is 41.5 Å². The van der Waals surface area contributed by atoms with E-state index in [9.17, 15) is 24.1 Å². The molecule has 1 aliphatic rings. The lowest BCUT2D eigenvalue weighted by Crippen LogP contribution is -2.44. The molecule has 3 heterocycles. The summed E-state index contributed by atoms with van der Waals surface area (Å²) in [5.74, 6) is -1.70. The fraction of sp³-hybridized carbons (Fsp3) is 0.692. The molecule has 2 aromatic rings. The highest BCUT2D eigenvalue weighted by Gasteiger charge is 2.47. The standard InChI is InChI=1S/C26H42N7O11PS/c1-13(2)42-21(34)15(5)32-45(38,46-11-17(29-25(36)40-8)22(35)43-14(3)4)41-10-16-9-26(6,37)23(44-16)33-12-28-18-19(33)30-24(27)31-20(18)39-7/h12-17,23,37H,9-11H2,1-8H3,(H,29,36)(H,32,38)(H2,27,30,31)/t15?,16?,17?,23-,26-,45?/m1/s1. The van der Waals surface area contributed by atoms with E-state index in [1.54, 1.807) is 34.6 Å². The first-order valence-corrected chi connectivity index (χ1v) is 17.5. The van der Waals surface area contributed by atoms with Gasteiger partial charge in [0.2, 0.25) is 11.8 Å². The van der Waals surface area contributed by atoms with Gasteiger partial charge in [-0.2, -0.15) is 9.97 Å². The van der Waals surface area contributed by atoms with Crippen molar-refractivity contribution in [2.45, 2.75) is 90.2 Å². The molecule has 20 heteroatoms. The Bertz CT molecular complexity index is 1440. The molecule has 1 fully saturated rings. The van der Waals surface area contributed by atoms with Crippen LogP contribution in [0.4, 0.5) is 10.7 Å². The Balaban J connectivity index is 1.82. The first-order chi connectivity index (χ1) is 21.5. The van der Waals surface area contributed by atoms with Gasteiger partial charge in [0, 0.05) is 12.2 Å². The number of esters is 2. The van der Waals surface area contributed by atoms with Gasteiger partial charge in [-0.15, -0.1) is 0 Å². The van der Waals surface area contributed by atoms with Crippen LogP contribution >= 0.6 is 18.1 Å². The third-order valence-corrected chi connectivity index (χ3v) is 10.5. The van der Waals surface area contributed by atoms with Gasteiger partial charge in [0.05, 0.1) is 45.5 Å². The molecule has 5 N–H and O–H groups in total. The van der Waals surface area contributed by atoms with E-state index in [0.29, 0.717) is 16.9 Å². The van der Waals surface area contributed by atoms with E-state index in [1.165, 1.54) is 24.9 Å². The average molecular weight is 692 g/mol. The second-order valence-corrected chi connectivity index (χ2v) is 15.5. The number of methoxy groups -OCH3 is 2. The number of nitrogens with two attached hydrogens (primary N) is 1. The van der Waals surface area contributed by atoms with E-state index in [4.69, 9.17) is 29.2 Å². The number of amides is 1. The molecule has 0 bridgehead atoms. The topological polar surface area (TPSA) is 238 Å². The molecule has 18 nitrogen and oxygen atoms in total. The van der Waals surface area contributed by atoms with Crippen LogP contribution in [-0.4, -0.2) is 105 Å². The molecule has 3 rings (SSSR count). The number of nitrogen functional groups attached to an aromatic ring is 1. The highest BCUT2D eigenvalue weighted by Crippen LogP contribution is 2.57. The molecule has 46 heavy (non-hydrogen) atoms. The minimum absolute atomic E-state index is 0.0396. The van der Waals surface area contributed by atoms with E-state index in [0.717, 1.165) is 7.11 Å². The maximum Gasteiger partial charge on any atom is 0.407 e. The summed E-state index contributed by atoms with van der Waals surface area (Å²) < 4.78 is 47.9. The van der Waals surface area contributed by atoms with Gasteiger partial charge in [-0.3, -0.25) is 13.9 Å². The van der Waals surface area contributed by atoms with Crippen LogP contribution in [0.15, 0.2) is 6.33 Å². The van der Waals surface area contributed by atoms with Crippen LogP contribution in [0, 0.1) is 0 Å². The summed E-state index contributed by atoms with van der Waals surface area (Å²) in [5.41, 5.74) is 4.92. The maximum atomic E-state index is 14.2. The molecule has 0 radical (unpaired) electrons. The molecular formula is C26H42N7O11PS. The van der Waals surface area contributed by atoms with E-state index in [1.807, 2.05) is 0 Å². The molecule has 0 aromatic carbocycles. The third-order valence-electron chi connectivity index (χ3n) is 6.36. The van der Waals surface area contributed by atoms with Gasteiger partial charge in [-0.1, -0.05) is 11.4 Å². The molecular weight excluding hydrogens is 649 g/mol. The van der Waals surface area contributed by atoms with Crippen molar-refractivity contribution in [3.63, 3.8) is 0 Å². The first-order valence-electron chi connectivity index (χ1n) is 14.3. The number of nitrogens with zero attached hydrogens (tertiary/aromatic N) is 4. The molecule has 4 unspecified atom stereocenters. The molecule has 1 amide bonds. The number of rotatable bonds is 15. The molecule has 1 saturated heterocycles. The average Bonchev–Trinajstić information content (AvgIpc) is 3.51. The Labute approximate surface area is 270 Å². The largest absolute Gasteiger partial charge is 0.479 e. The smallest absolute Gasteiger partial charge is 0.407 e. The van der Waals surface area contributed by atoms with Crippen LogP contribution in [0.1, 0.15) is 54.2 Å². The van der Waals surface area contributed by atoms with Crippen molar-refractivity contribution in [3.05, 3.63) is 6.33 Å². The fourth-order valence-electron chi connectivity index (χ4n) is 4.40. The predicted octanol–water partition coefficient (Wildman–Crippen LogP) is 1.92. The quantitative estimate of drug-likeness (QED) is 0.118. The summed E-state index contributed by atoms with van der Waals surface area (Å²) in [7, 11) is 2.53. The highest BCUT2D eigenvalue weighted by molar-refractivity contribution is 8.56. The molecule has 6 atom stereocenters. The second kappa shape index (κ2) is 15.6. The molecule has 2 aromatic heterocycles. The Hall–Kier alpha value is -3.22. The molecule has 1 aliphatic heterocycles. The van der Waals surface area contributed by atoms with E-state index < -0.39 is 67.0 Å². The van der Waals surface area contributed by atoms with Crippen molar-refractivity contribution >= 4 is 53.2 Å². The lowest BCUT2D eigenvalue weighted by Gasteiger charge is -2.26. The predicted molar refractivity (Wildman–Crippen MR) is 166 cm³/mol. The Kier molecular flexibility index (Phi) is 12.6. The number of aliphatic hydroxyl groups is 1. The fourth-order valence-corrected chi connectivity index (χ4v) is 8.27. The van der Waals surface area contributed by atoms with Crippen LogP contribution in [0.25, 0.3) is 11.2 Å².